The molecule has 1 aliphatic heterocycles. The van der Waals surface area contributed by atoms with E-state index < -0.39 is 0 Å². The second kappa shape index (κ2) is 3.04. The Morgan fingerprint density at radius 2 is 2.31 bits per heavy atom. The Balaban J connectivity index is 2.53. The van der Waals surface area contributed by atoms with Crippen molar-refractivity contribution in [2.45, 2.75) is 25.8 Å². The molecule has 0 spiro atoms. The Kier molecular flexibility index (Phi) is 2.00. The van der Waals surface area contributed by atoms with E-state index >= 15 is 0 Å². The molecular weight excluding hydrogens is 162 g/mol. The highest BCUT2D eigenvalue weighted by Crippen LogP contribution is 2.37. The van der Waals surface area contributed by atoms with Gasteiger partial charge in [-0.25, -0.2) is 0 Å². The Labute approximate surface area is 78.7 Å². The third-order valence-corrected chi connectivity index (χ3v) is 2.57. The van der Waals surface area contributed by atoms with E-state index in [1.165, 1.54) is 11.1 Å². The van der Waals surface area contributed by atoms with Crippen molar-refractivity contribution < 1.29 is 4.74 Å². The summed E-state index contributed by atoms with van der Waals surface area (Å²) in [5, 5.41) is 0. The van der Waals surface area contributed by atoms with E-state index in [2.05, 4.69) is 13.0 Å². The maximum atomic E-state index is 5.89. The van der Waals surface area contributed by atoms with Gasteiger partial charge in [-0.2, -0.15) is 0 Å². The molecule has 1 heterocycles. The van der Waals surface area contributed by atoms with Gasteiger partial charge in [-0.1, -0.05) is 19.1 Å². The Morgan fingerprint density at radius 3 is 3.00 bits per heavy atom. The first-order valence-electron chi connectivity index (χ1n) is 4.71. The third-order valence-electron chi connectivity index (χ3n) is 2.57. The van der Waals surface area contributed by atoms with Crippen LogP contribution in [0.25, 0.3) is 0 Å². The molecule has 2 nitrogen and oxygen atoms in total. The fourth-order valence-electron chi connectivity index (χ4n) is 1.91. The van der Waals surface area contributed by atoms with Crippen molar-refractivity contribution in [2.24, 2.45) is 5.73 Å². The number of hydrogen-bond acceptors (Lipinski definition) is 2. The maximum Gasteiger partial charge on any atom is 0.123 e. The molecule has 0 saturated heterocycles. The predicted molar refractivity (Wildman–Crippen MR) is 53.0 cm³/mol. The van der Waals surface area contributed by atoms with Crippen LogP contribution in [-0.2, 0) is 0 Å². The molecule has 0 amide bonds. The minimum absolute atomic E-state index is 0.0964. The molecule has 13 heavy (non-hydrogen) atoms. The van der Waals surface area contributed by atoms with Gasteiger partial charge in [0.25, 0.3) is 0 Å². The third kappa shape index (κ3) is 1.31. The zero-order valence-electron chi connectivity index (χ0n) is 8.08. The molecule has 1 aromatic carbocycles. The molecule has 2 rings (SSSR count). The average molecular weight is 177 g/mol. The fourth-order valence-corrected chi connectivity index (χ4v) is 1.91. The summed E-state index contributed by atoms with van der Waals surface area (Å²) in [7, 11) is 0. The van der Waals surface area contributed by atoms with Crippen LogP contribution in [0, 0.1) is 0 Å². The summed E-state index contributed by atoms with van der Waals surface area (Å²) in [5.74, 6) is 1.50. The minimum Gasteiger partial charge on any atom is -0.493 e. The number of fused-ring (bicyclic) bond motifs is 1. The van der Waals surface area contributed by atoms with Gasteiger partial charge in [0.2, 0.25) is 0 Å². The lowest BCUT2D eigenvalue weighted by atomic mass is 9.94. The number of ether oxygens (including phenoxy) is 1. The molecule has 2 unspecified atom stereocenters. The molecule has 0 fully saturated rings. The summed E-state index contributed by atoms with van der Waals surface area (Å²) < 4.78 is 5.55. The molecule has 70 valence electrons. The van der Waals surface area contributed by atoms with E-state index in [1.54, 1.807) is 0 Å². The van der Waals surface area contributed by atoms with Crippen molar-refractivity contribution in [2.75, 3.05) is 6.61 Å². The molecule has 0 saturated carbocycles. The lowest BCUT2D eigenvalue weighted by Gasteiger charge is -2.12. The van der Waals surface area contributed by atoms with Gasteiger partial charge in [-0.3, -0.25) is 0 Å². The lowest BCUT2D eigenvalue weighted by molar-refractivity contribution is 0.337. The zero-order chi connectivity index (χ0) is 9.42. The standard InChI is InChI=1S/C11H15NO/c1-7-6-13-10-5-3-4-9(8(2)12)11(7)10/h3-5,7-8H,6,12H2,1-2H3. The van der Waals surface area contributed by atoms with E-state index in [-0.39, 0.29) is 6.04 Å². The summed E-state index contributed by atoms with van der Waals surface area (Å²) in [6.07, 6.45) is 0. The van der Waals surface area contributed by atoms with E-state index in [4.69, 9.17) is 10.5 Å². The number of rotatable bonds is 1. The normalized spacial score (nSPS) is 22.2. The van der Waals surface area contributed by atoms with Crippen molar-refractivity contribution in [1.29, 1.82) is 0 Å². The number of benzene rings is 1. The first-order valence-corrected chi connectivity index (χ1v) is 4.71. The summed E-state index contributed by atoms with van der Waals surface area (Å²) in [5.41, 5.74) is 8.42. The zero-order valence-corrected chi connectivity index (χ0v) is 8.08. The maximum absolute atomic E-state index is 5.89. The molecule has 0 aliphatic carbocycles. The molecule has 0 radical (unpaired) electrons. The second-order valence-electron chi connectivity index (χ2n) is 3.76. The SMILES string of the molecule is CC(N)c1cccc2c1C(C)CO2. The Bertz CT molecular complexity index is 320. The first kappa shape index (κ1) is 8.57. The Morgan fingerprint density at radius 1 is 1.54 bits per heavy atom. The van der Waals surface area contributed by atoms with Gasteiger partial charge >= 0.3 is 0 Å². The van der Waals surface area contributed by atoms with Crippen LogP contribution in [0.4, 0.5) is 0 Å². The van der Waals surface area contributed by atoms with Crippen LogP contribution in [0.2, 0.25) is 0 Å². The summed E-state index contributed by atoms with van der Waals surface area (Å²) >= 11 is 0. The summed E-state index contributed by atoms with van der Waals surface area (Å²) in [4.78, 5) is 0. The van der Waals surface area contributed by atoms with Gasteiger partial charge in [0.1, 0.15) is 5.75 Å². The van der Waals surface area contributed by atoms with E-state index in [9.17, 15) is 0 Å². The topological polar surface area (TPSA) is 35.2 Å². The Hall–Kier alpha value is -1.02. The molecule has 2 atom stereocenters. The lowest BCUT2D eigenvalue weighted by Crippen LogP contribution is -2.08. The van der Waals surface area contributed by atoms with Crippen LogP contribution in [0.1, 0.15) is 36.9 Å². The van der Waals surface area contributed by atoms with Crippen molar-refractivity contribution >= 4 is 0 Å². The van der Waals surface area contributed by atoms with Crippen molar-refractivity contribution in [1.82, 2.24) is 0 Å². The van der Waals surface area contributed by atoms with Crippen LogP contribution in [0.5, 0.6) is 5.75 Å². The molecule has 0 aromatic heterocycles. The quantitative estimate of drug-likeness (QED) is 0.713. The first-order chi connectivity index (χ1) is 6.20. The molecule has 2 heteroatoms. The van der Waals surface area contributed by atoms with Crippen molar-refractivity contribution in [3.8, 4) is 5.75 Å². The van der Waals surface area contributed by atoms with Gasteiger partial charge in [0.15, 0.2) is 0 Å². The fraction of sp³-hybridized carbons (Fsp3) is 0.455. The average Bonchev–Trinajstić information content (AvgIpc) is 2.48. The smallest absolute Gasteiger partial charge is 0.123 e. The highest BCUT2D eigenvalue weighted by atomic mass is 16.5. The summed E-state index contributed by atoms with van der Waals surface area (Å²) in [6.45, 7) is 4.98. The minimum atomic E-state index is 0.0964. The van der Waals surface area contributed by atoms with E-state index in [0.29, 0.717) is 5.92 Å². The summed E-state index contributed by atoms with van der Waals surface area (Å²) in [6, 6.07) is 6.22. The highest BCUT2D eigenvalue weighted by Gasteiger charge is 2.23. The van der Waals surface area contributed by atoms with Crippen molar-refractivity contribution in [3.63, 3.8) is 0 Å². The molecule has 1 aliphatic rings. The van der Waals surface area contributed by atoms with Crippen LogP contribution in [0.15, 0.2) is 18.2 Å². The number of nitrogens with two attached hydrogens (primary N) is 1. The van der Waals surface area contributed by atoms with Gasteiger partial charge in [-0.15, -0.1) is 0 Å². The predicted octanol–water partition coefficient (Wildman–Crippen LogP) is 2.20. The molecule has 2 N–H and O–H groups in total. The molecule has 1 aromatic rings. The largest absolute Gasteiger partial charge is 0.493 e. The van der Waals surface area contributed by atoms with Crippen molar-refractivity contribution in [3.05, 3.63) is 29.3 Å². The van der Waals surface area contributed by atoms with E-state index in [0.717, 1.165) is 12.4 Å². The van der Waals surface area contributed by atoms with Crippen LogP contribution in [-0.4, -0.2) is 6.61 Å². The highest BCUT2D eigenvalue weighted by molar-refractivity contribution is 5.46. The monoisotopic (exact) mass is 177 g/mol. The van der Waals surface area contributed by atoms with E-state index in [1.807, 2.05) is 19.1 Å². The van der Waals surface area contributed by atoms with Crippen LogP contribution >= 0.6 is 0 Å². The van der Waals surface area contributed by atoms with Crippen LogP contribution < -0.4 is 10.5 Å². The van der Waals surface area contributed by atoms with Crippen LogP contribution in [0.3, 0.4) is 0 Å². The van der Waals surface area contributed by atoms with Gasteiger partial charge in [0.05, 0.1) is 6.61 Å². The number of hydrogen-bond donors (Lipinski definition) is 1. The van der Waals surface area contributed by atoms with Gasteiger partial charge in [0, 0.05) is 17.5 Å². The van der Waals surface area contributed by atoms with Gasteiger partial charge < -0.3 is 10.5 Å². The molecular formula is C11H15NO. The van der Waals surface area contributed by atoms with Gasteiger partial charge in [-0.05, 0) is 18.6 Å². The molecule has 0 bridgehead atoms. The second-order valence-corrected chi connectivity index (χ2v) is 3.76.